The smallest absolute Gasteiger partial charge is 0.424 e. The lowest BCUT2D eigenvalue weighted by Gasteiger charge is -2.68. The molecule has 5 fully saturated rings. The summed E-state index contributed by atoms with van der Waals surface area (Å²) in [6.45, 7) is -0.569. The van der Waals surface area contributed by atoms with Crippen LogP contribution >= 0.6 is 0 Å². The van der Waals surface area contributed by atoms with E-state index in [9.17, 15) is 31.1 Å². The zero-order chi connectivity index (χ0) is 24.4. The molecule has 5 aliphatic carbocycles. The molecular weight excluding hydrogens is 476 g/mol. The van der Waals surface area contributed by atoms with Gasteiger partial charge in [-0.2, -0.15) is 0 Å². The van der Waals surface area contributed by atoms with E-state index < -0.39 is 25.4 Å². The van der Waals surface area contributed by atoms with Gasteiger partial charge in [-0.1, -0.05) is 0 Å². The number of ether oxygens (including phenoxy) is 3. The van der Waals surface area contributed by atoms with Crippen LogP contribution in [0.1, 0.15) is 62.6 Å². The van der Waals surface area contributed by atoms with E-state index in [2.05, 4.69) is 25.0 Å². The summed E-state index contributed by atoms with van der Waals surface area (Å²) >= 11 is 0. The highest BCUT2D eigenvalue weighted by Crippen LogP contribution is 2.67. The molecule has 5 aliphatic rings. The lowest BCUT2D eigenvalue weighted by molar-refractivity contribution is -0.352. The van der Waals surface area contributed by atoms with Gasteiger partial charge in [-0.15, -0.1) is 36.5 Å². The zero-order valence-electron chi connectivity index (χ0n) is 17.9. The van der Waals surface area contributed by atoms with E-state index in [1.807, 2.05) is 0 Å². The van der Waals surface area contributed by atoms with Gasteiger partial charge >= 0.3 is 12.7 Å². The number of alkyl halides is 6. The minimum Gasteiger partial charge on any atom is -0.424 e. The molecule has 14 heteroatoms. The number of aromatic nitrogens is 2. The number of amides is 1. The van der Waals surface area contributed by atoms with Gasteiger partial charge in [-0.3, -0.25) is 14.3 Å². The van der Waals surface area contributed by atoms with Crippen molar-refractivity contribution in [2.24, 2.45) is 5.92 Å². The number of hydrogen-bond acceptors (Lipinski definition) is 7. The van der Waals surface area contributed by atoms with Crippen LogP contribution in [-0.2, 0) is 24.4 Å². The van der Waals surface area contributed by atoms with Crippen molar-refractivity contribution >= 4 is 5.91 Å². The molecule has 1 N–H and O–H groups in total. The van der Waals surface area contributed by atoms with Crippen LogP contribution in [0.25, 0.3) is 0 Å². The van der Waals surface area contributed by atoms with Gasteiger partial charge in [0.25, 0.3) is 0 Å². The van der Waals surface area contributed by atoms with Crippen molar-refractivity contribution in [3.05, 3.63) is 11.8 Å². The van der Waals surface area contributed by atoms with E-state index in [0.717, 1.165) is 0 Å². The zero-order valence-corrected chi connectivity index (χ0v) is 17.9. The van der Waals surface area contributed by atoms with Crippen LogP contribution < -0.4 is 5.32 Å². The molecule has 0 unspecified atom stereocenters. The summed E-state index contributed by atoms with van der Waals surface area (Å²) < 4.78 is 91.8. The first-order chi connectivity index (χ1) is 15.8. The second kappa shape index (κ2) is 8.05. The minimum absolute atomic E-state index is 0.167. The molecule has 190 valence electrons. The van der Waals surface area contributed by atoms with Gasteiger partial charge in [0.15, 0.2) is 0 Å². The second-order valence-electron chi connectivity index (χ2n) is 9.97. The summed E-state index contributed by atoms with van der Waals surface area (Å²) in [4.78, 5) is 12.2. The van der Waals surface area contributed by atoms with Crippen LogP contribution in [0, 0.1) is 5.92 Å². The fourth-order valence-electron chi connectivity index (χ4n) is 5.50. The highest BCUT2D eigenvalue weighted by atomic mass is 19.4. The third-order valence-electron chi connectivity index (χ3n) is 7.20. The highest BCUT2D eigenvalue weighted by molar-refractivity contribution is 5.79. The summed E-state index contributed by atoms with van der Waals surface area (Å²) in [5.41, 5.74) is -0.676. The lowest BCUT2D eigenvalue weighted by atomic mass is 9.39. The van der Waals surface area contributed by atoms with Crippen LogP contribution in [-0.4, -0.2) is 59.8 Å². The first kappa shape index (κ1) is 23.8. The van der Waals surface area contributed by atoms with Gasteiger partial charge < -0.3 is 14.5 Å². The average Bonchev–Trinajstić information content (AvgIpc) is 3.05. The summed E-state index contributed by atoms with van der Waals surface area (Å²) in [5.74, 6) is -0.0173. The molecule has 0 aromatic carbocycles. The topological polar surface area (TPSA) is 95.7 Å². The molecule has 0 spiro atoms. The molecule has 1 heterocycles. The first-order valence-corrected chi connectivity index (χ1v) is 11.0. The Labute approximate surface area is 189 Å². The number of hydrogen-bond donors (Lipinski definition) is 1. The number of carbonyl (C=O) groups excluding carboxylic acids is 1. The van der Waals surface area contributed by atoms with Crippen molar-refractivity contribution in [1.29, 1.82) is 0 Å². The molecular formula is C20H23F6N3O5. The van der Waals surface area contributed by atoms with Crippen molar-refractivity contribution in [2.75, 3.05) is 13.2 Å². The molecule has 8 nitrogen and oxygen atoms in total. The average molecular weight is 499 g/mol. The van der Waals surface area contributed by atoms with E-state index >= 15 is 0 Å². The van der Waals surface area contributed by atoms with Crippen molar-refractivity contribution in [3.63, 3.8) is 0 Å². The fraction of sp³-hybridized carbons (Fsp3) is 0.850. The molecule has 2 bridgehead atoms. The van der Waals surface area contributed by atoms with Crippen molar-refractivity contribution in [1.82, 2.24) is 15.5 Å². The predicted octanol–water partition coefficient (Wildman–Crippen LogP) is 3.47. The number of halogens is 6. The van der Waals surface area contributed by atoms with Gasteiger partial charge in [0, 0.05) is 11.5 Å². The molecule has 1 aromatic heterocycles. The first-order valence-electron chi connectivity index (χ1n) is 11.0. The summed E-state index contributed by atoms with van der Waals surface area (Å²) in [6.07, 6.45) is -7.39. The van der Waals surface area contributed by atoms with Crippen molar-refractivity contribution in [3.8, 4) is 0 Å². The molecule has 1 aromatic rings. The lowest BCUT2D eigenvalue weighted by Crippen LogP contribution is -2.77. The minimum atomic E-state index is -4.66. The Morgan fingerprint density at radius 1 is 1.00 bits per heavy atom. The molecule has 6 rings (SSSR count). The number of nitrogens with one attached hydrogen (secondary N) is 1. The van der Waals surface area contributed by atoms with E-state index in [1.165, 1.54) is 0 Å². The quantitative estimate of drug-likeness (QED) is 0.520. The second-order valence-corrected chi connectivity index (χ2v) is 9.97. The maximum atomic E-state index is 12.2. The molecule has 1 amide bonds. The number of rotatable bonds is 9. The van der Waals surface area contributed by atoms with Gasteiger partial charge in [-0.05, 0) is 50.9 Å². The molecule has 0 radical (unpaired) electrons. The molecule has 0 saturated heterocycles. The van der Waals surface area contributed by atoms with Crippen LogP contribution in [0.3, 0.4) is 0 Å². The fourth-order valence-corrected chi connectivity index (χ4v) is 5.50. The van der Waals surface area contributed by atoms with Crippen LogP contribution in [0.15, 0.2) is 4.42 Å². The monoisotopic (exact) mass is 499 g/mol. The Morgan fingerprint density at radius 2 is 1.68 bits per heavy atom. The van der Waals surface area contributed by atoms with Crippen LogP contribution in [0.4, 0.5) is 26.3 Å². The standard InChI is InChI=1S/C20H23F6N3O5/c21-19(22,23)32-5-10-1-12(2-10)31-6-14(30)27-18-7-17(8-18,9-18)16-29-28-15(33-16)11-3-13(4-11)34-20(24,25)26/h10-13H,1-9H2,(H,27,30). The normalized spacial score (nSPS) is 36.6. The summed E-state index contributed by atoms with van der Waals surface area (Å²) in [5, 5.41) is 11.0. The molecule has 5 saturated carbocycles. The van der Waals surface area contributed by atoms with Crippen LogP contribution in [0.2, 0.25) is 0 Å². The largest absolute Gasteiger partial charge is 0.522 e. The molecule has 0 aliphatic heterocycles. The van der Waals surface area contributed by atoms with Crippen LogP contribution in [0.5, 0.6) is 0 Å². The SMILES string of the molecule is O=C(COC1CC(COC(F)(F)F)C1)NC12CC(c3nnc(C4CC(OC(F)(F)F)C4)o3)(C1)C2. The number of carbonyl (C=O) groups is 1. The maximum absolute atomic E-state index is 12.2. The van der Waals surface area contributed by atoms with Gasteiger partial charge in [0.1, 0.15) is 6.61 Å². The highest BCUT2D eigenvalue weighted by Gasteiger charge is 2.72. The Hall–Kier alpha value is -1.93. The van der Waals surface area contributed by atoms with Gasteiger partial charge in [0.2, 0.25) is 17.7 Å². The third kappa shape index (κ3) is 4.89. The third-order valence-corrected chi connectivity index (χ3v) is 7.20. The van der Waals surface area contributed by atoms with Crippen molar-refractivity contribution < 1.29 is 49.8 Å². The predicted molar refractivity (Wildman–Crippen MR) is 98.1 cm³/mol. The molecule has 34 heavy (non-hydrogen) atoms. The van der Waals surface area contributed by atoms with E-state index in [4.69, 9.17) is 9.15 Å². The van der Waals surface area contributed by atoms with E-state index in [-0.39, 0.29) is 54.2 Å². The Balaban J connectivity index is 0.992. The van der Waals surface area contributed by atoms with Crippen molar-refractivity contribution in [2.45, 2.75) is 86.8 Å². The summed E-state index contributed by atoms with van der Waals surface area (Å²) in [6, 6.07) is 0. The maximum Gasteiger partial charge on any atom is 0.522 e. The van der Waals surface area contributed by atoms with Gasteiger partial charge in [-0.25, -0.2) is 0 Å². The Kier molecular flexibility index (Phi) is 5.63. The Morgan fingerprint density at radius 3 is 2.29 bits per heavy atom. The molecule has 0 atom stereocenters. The van der Waals surface area contributed by atoms with E-state index in [0.29, 0.717) is 43.9 Å². The summed E-state index contributed by atoms with van der Waals surface area (Å²) in [7, 11) is 0. The Bertz CT molecular complexity index is 903. The van der Waals surface area contributed by atoms with E-state index in [1.54, 1.807) is 0 Å². The van der Waals surface area contributed by atoms with Gasteiger partial charge in [0.05, 0.1) is 24.2 Å². The number of nitrogens with zero attached hydrogens (tertiary/aromatic N) is 2.